The Labute approximate surface area is 109 Å². The lowest BCUT2D eigenvalue weighted by Gasteiger charge is -2.24. The Balaban J connectivity index is 2.08. The summed E-state index contributed by atoms with van der Waals surface area (Å²) in [6, 6.07) is 0.987. The van der Waals surface area contributed by atoms with Gasteiger partial charge in [-0.05, 0) is 26.3 Å². The fourth-order valence-corrected chi connectivity index (χ4v) is 2.23. The average Bonchev–Trinajstić information content (AvgIpc) is 2.73. The summed E-state index contributed by atoms with van der Waals surface area (Å²) in [5, 5.41) is 5.69. The van der Waals surface area contributed by atoms with Crippen molar-refractivity contribution in [3.05, 3.63) is 35.1 Å². The third kappa shape index (κ3) is 3.07. The molecule has 3 nitrogen and oxygen atoms in total. The van der Waals surface area contributed by atoms with Gasteiger partial charge in [-0.15, -0.1) is 0 Å². The van der Waals surface area contributed by atoms with Gasteiger partial charge in [-0.2, -0.15) is 0 Å². The van der Waals surface area contributed by atoms with E-state index >= 15 is 0 Å². The van der Waals surface area contributed by atoms with Crippen molar-refractivity contribution in [1.29, 1.82) is 0 Å². The smallest absolute Gasteiger partial charge is 0.257 e. The van der Waals surface area contributed by atoms with Gasteiger partial charge in [0.1, 0.15) is 23.0 Å². The largest absolute Gasteiger partial charge is 0.350 e. The molecule has 2 rings (SSSR count). The molecule has 1 atom stereocenters. The van der Waals surface area contributed by atoms with Crippen LogP contribution < -0.4 is 10.6 Å². The molecular weight excluding hydrogens is 257 g/mol. The van der Waals surface area contributed by atoms with Gasteiger partial charge < -0.3 is 10.6 Å². The second-order valence-corrected chi connectivity index (χ2v) is 5.02. The summed E-state index contributed by atoms with van der Waals surface area (Å²) in [4.78, 5) is 11.8. The highest BCUT2D eigenvalue weighted by Crippen LogP contribution is 2.18. The first kappa shape index (κ1) is 13.9. The van der Waals surface area contributed by atoms with Crippen LogP contribution in [0.1, 0.15) is 30.1 Å². The van der Waals surface area contributed by atoms with Crippen molar-refractivity contribution < 1.29 is 18.0 Å². The summed E-state index contributed by atoms with van der Waals surface area (Å²) in [5.74, 6) is -4.31. The van der Waals surface area contributed by atoms with E-state index in [4.69, 9.17) is 0 Å². The summed E-state index contributed by atoms with van der Waals surface area (Å²) in [5.41, 5.74) is -1.01. The Morgan fingerprint density at radius 3 is 2.53 bits per heavy atom. The van der Waals surface area contributed by atoms with Crippen LogP contribution in [0, 0.1) is 17.5 Å². The molecule has 0 aromatic heterocycles. The number of halogens is 3. The van der Waals surface area contributed by atoms with E-state index in [1.54, 1.807) is 0 Å². The molecule has 1 amide bonds. The fraction of sp³-hybridized carbons (Fsp3) is 0.462. The minimum absolute atomic E-state index is 0.261. The van der Waals surface area contributed by atoms with Gasteiger partial charge in [-0.25, -0.2) is 13.2 Å². The third-order valence-electron chi connectivity index (χ3n) is 3.33. The maximum Gasteiger partial charge on any atom is 0.257 e. The molecule has 1 saturated heterocycles. The van der Waals surface area contributed by atoms with Gasteiger partial charge in [0, 0.05) is 24.2 Å². The molecule has 1 unspecified atom stereocenters. The second kappa shape index (κ2) is 5.21. The molecule has 1 aromatic carbocycles. The molecule has 2 N–H and O–H groups in total. The predicted molar refractivity (Wildman–Crippen MR) is 64.3 cm³/mol. The summed E-state index contributed by atoms with van der Waals surface area (Å²) in [6.45, 7) is 3.05. The Hall–Kier alpha value is -1.56. The SMILES string of the molecule is CC1(CNC(=O)c2c(F)cc(F)cc2F)CCCN1. The van der Waals surface area contributed by atoms with Crippen LogP contribution in [0.15, 0.2) is 12.1 Å². The molecule has 6 heteroatoms. The first-order chi connectivity index (χ1) is 8.91. The summed E-state index contributed by atoms with van der Waals surface area (Å²) in [6.07, 6.45) is 1.87. The molecule has 0 saturated carbocycles. The van der Waals surface area contributed by atoms with Gasteiger partial charge in [-0.3, -0.25) is 4.79 Å². The summed E-state index contributed by atoms with van der Waals surface area (Å²) < 4.78 is 39.5. The van der Waals surface area contributed by atoms with Crippen LogP contribution in [0.3, 0.4) is 0 Å². The Morgan fingerprint density at radius 2 is 2.00 bits per heavy atom. The van der Waals surface area contributed by atoms with Gasteiger partial charge in [0.2, 0.25) is 0 Å². The van der Waals surface area contributed by atoms with Gasteiger partial charge in [0.05, 0.1) is 0 Å². The molecule has 0 spiro atoms. The van der Waals surface area contributed by atoms with Crippen molar-refractivity contribution in [2.45, 2.75) is 25.3 Å². The van der Waals surface area contributed by atoms with E-state index in [1.807, 2.05) is 6.92 Å². The number of carbonyl (C=O) groups is 1. The zero-order valence-electron chi connectivity index (χ0n) is 10.5. The molecule has 1 aromatic rings. The van der Waals surface area contributed by atoms with Gasteiger partial charge in [-0.1, -0.05) is 0 Å². The zero-order chi connectivity index (χ0) is 14.0. The summed E-state index contributed by atoms with van der Waals surface area (Å²) >= 11 is 0. The van der Waals surface area contributed by atoms with Gasteiger partial charge in [0.25, 0.3) is 5.91 Å². The highest BCUT2D eigenvalue weighted by molar-refractivity contribution is 5.94. The second-order valence-electron chi connectivity index (χ2n) is 5.02. The van der Waals surface area contributed by atoms with E-state index in [1.165, 1.54) is 0 Å². The van der Waals surface area contributed by atoms with E-state index in [0.717, 1.165) is 19.4 Å². The monoisotopic (exact) mass is 272 g/mol. The topological polar surface area (TPSA) is 41.1 Å². The lowest BCUT2D eigenvalue weighted by Crippen LogP contribution is -2.47. The van der Waals surface area contributed by atoms with Crippen molar-refractivity contribution in [3.8, 4) is 0 Å². The van der Waals surface area contributed by atoms with E-state index < -0.39 is 28.9 Å². The molecule has 1 fully saturated rings. The molecule has 0 bridgehead atoms. The van der Waals surface area contributed by atoms with Crippen LogP contribution >= 0.6 is 0 Å². The van der Waals surface area contributed by atoms with Crippen molar-refractivity contribution in [2.24, 2.45) is 0 Å². The highest BCUT2D eigenvalue weighted by Gasteiger charge is 2.29. The summed E-state index contributed by atoms with van der Waals surface area (Å²) in [7, 11) is 0. The lowest BCUT2D eigenvalue weighted by molar-refractivity contribution is 0.0934. The maximum atomic E-state index is 13.4. The van der Waals surface area contributed by atoms with Crippen molar-refractivity contribution in [2.75, 3.05) is 13.1 Å². The van der Waals surface area contributed by atoms with Crippen LogP contribution in [0.2, 0.25) is 0 Å². The zero-order valence-corrected chi connectivity index (χ0v) is 10.5. The minimum Gasteiger partial charge on any atom is -0.350 e. The Kier molecular flexibility index (Phi) is 3.80. The molecule has 0 aliphatic carbocycles. The van der Waals surface area contributed by atoms with Crippen LogP contribution in [0.25, 0.3) is 0 Å². The quantitative estimate of drug-likeness (QED) is 0.883. The van der Waals surface area contributed by atoms with E-state index in [0.29, 0.717) is 12.1 Å². The maximum absolute atomic E-state index is 13.4. The highest BCUT2D eigenvalue weighted by atomic mass is 19.1. The van der Waals surface area contributed by atoms with Crippen LogP contribution in [-0.4, -0.2) is 24.5 Å². The molecular formula is C13H15F3N2O. The predicted octanol–water partition coefficient (Wildman–Crippen LogP) is 1.98. The van der Waals surface area contributed by atoms with Crippen molar-refractivity contribution in [3.63, 3.8) is 0 Å². The minimum atomic E-state index is -1.19. The number of hydrogen-bond acceptors (Lipinski definition) is 2. The number of nitrogens with one attached hydrogen (secondary N) is 2. The van der Waals surface area contributed by atoms with Gasteiger partial charge in [0.15, 0.2) is 0 Å². The molecule has 0 radical (unpaired) electrons. The number of hydrogen-bond donors (Lipinski definition) is 2. The molecule has 104 valence electrons. The van der Waals surface area contributed by atoms with E-state index in [9.17, 15) is 18.0 Å². The molecule has 19 heavy (non-hydrogen) atoms. The van der Waals surface area contributed by atoms with E-state index in [-0.39, 0.29) is 12.1 Å². The van der Waals surface area contributed by atoms with Crippen molar-refractivity contribution in [1.82, 2.24) is 10.6 Å². The van der Waals surface area contributed by atoms with Crippen LogP contribution in [0.4, 0.5) is 13.2 Å². The average molecular weight is 272 g/mol. The first-order valence-electron chi connectivity index (χ1n) is 6.09. The van der Waals surface area contributed by atoms with Crippen molar-refractivity contribution >= 4 is 5.91 Å². The number of rotatable bonds is 3. The third-order valence-corrected chi connectivity index (χ3v) is 3.33. The number of benzene rings is 1. The number of carbonyl (C=O) groups excluding carboxylic acids is 1. The molecule has 1 aliphatic heterocycles. The standard InChI is InChI=1S/C13H15F3N2O/c1-13(3-2-4-18-13)7-17-12(19)11-9(15)5-8(14)6-10(11)16/h5-6,18H,2-4,7H2,1H3,(H,17,19). The van der Waals surface area contributed by atoms with Crippen LogP contribution in [-0.2, 0) is 0 Å². The van der Waals surface area contributed by atoms with Crippen LogP contribution in [0.5, 0.6) is 0 Å². The Morgan fingerprint density at radius 1 is 1.37 bits per heavy atom. The Bertz CT molecular complexity index is 476. The number of amides is 1. The first-order valence-corrected chi connectivity index (χ1v) is 6.09. The fourth-order valence-electron chi connectivity index (χ4n) is 2.23. The lowest BCUT2D eigenvalue weighted by atomic mass is 10.0. The normalized spacial score (nSPS) is 22.5. The molecule has 1 aliphatic rings. The molecule has 1 heterocycles. The van der Waals surface area contributed by atoms with Gasteiger partial charge >= 0.3 is 0 Å². The van der Waals surface area contributed by atoms with E-state index in [2.05, 4.69) is 10.6 Å².